The van der Waals surface area contributed by atoms with Gasteiger partial charge < -0.3 is 16.0 Å². The molecule has 3 heterocycles. The Kier molecular flexibility index (Phi) is 5.71. The number of likely N-dealkylation sites (tertiary alicyclic amines) is 1. The van der Waals surface area contributed by atoms with Gasteiger partial charge in [-0.05, 0) is 31.7 Å². The highest BCUT2D eigenvalue weighted by Gasteiger charge is 2.69. The van der Waals surface area contributed by atoms with Crippen molar-refractivity contribution in [1.82, 2.24) is 19.7 Å². The molecule has 2 aromatic rings. The van der Waals surface area contributed by atoms with E-state index in [0.29, 0.717) is 0 Å². The molecule has 0 radical (unpaired) electrons. The first kappa shape index (κ1) is 23.5. The molecule has 9 nitrogen and oxygen atoms in total. The molecule has 0 atom stereocenters. The summed E-state index contributed by atoms with van der Waals surface area (Å²) in [6, 6.07) is 4.61. The minimum atomic E-state index is -4.60. The Hall–Kier alpha value is -3.69. The molecule has 1 saturated carbocycles. The van der Waals surface area contributed by atoms with E-state index in [2.05, 4.69) is 21.5 Å². The highest BCUT2D eigenvalue weighted by Crippen LogP contribution is 2.59. The Bertz CT molecular complexity index is 1160. The summed E-state index contributed by atoms with van der Waals surface area (Å²) in [5, 5.41) is 16.6. The van der Waals surface area contributed by atoms with Gasteiger partial charge in [0.05, 0.1) is 18.0 Å². The average molecular weight is 479 g/mol. The zero-order chi connectivity index (χ0) is 24.7. The van der Waals surface area contributed by atoms with Gasteiger partial charge in [0.15, 0.2) is 5.82 Å². The number of hydrogen-bond acceptors (Lipinski definition) is 6. The Balaban J connectivity index is 1.59. The number of alkyl halides is 3. The van der Waals surface area contributed by atoms with Crippen molar-refractivity contribution < 1.29 is 27.2 Å². The second-order valence-electron chi connectivity index (χ2n) is 8.62. The monoisotopic (exact) mass is 479 g/mol. The molecule has 1 aliphatic heterocycles. The number of anilines is 2. The Morgan fingerprint density at radius 3 is 2.44 bits per heavy atom. The highest BCUT2D eigenvalue weighted by atomic mass is 19.4. The molecule has 1 saturated heterocycles. The van der Waals surface area contributed by atoms with E-state index in [1.54, 1.807) is 0 Å². The lowest BCUT2D eigenvalue weighted by atomic mass is 9.84. The number of carbonyl (C=O) groups excluding carboxylic acids is 2. The van der Waals surface area contributed by atoms with E-state index in [0.717, 1.165) is 6.07 Å². The maximum atomic E-state index is 13.4. The van der Waals surface area contributed by atoms with Crippen molar-refractivity contribution in [2.45, 2.75) is 43.8 Å². The molecule has 2 aliphatic rings. The second-order valence-corrected chi connectivity index (χ2v) is 8.62. The summed E-state index contributed by atoms with van der Waals surface area (Å²) < 4.78 is 55.0. The van der Waals surface area contributed by atoms with Crippen LogP contribution in [0.15, 0.2) is 24.5 Å². The zero-order valence-corrected chi connectivity index (χ0v) is 17.9. The number of nitrogens with zero attached hydrogens (tertiary/aromatic N) is 5. The first-order chi connectivity index (χ1) is 16.0. The summed E-state index contributed by atoms with van der Waals surface area (Å²) in [5.74, 6) is -2.48. The quantitative estimate of drug-likeness (QED) is 0.484. The standard InChI is InChI=1S/C21H21F4N7O2/c22-15-11-13(1-8-28-15)29-17-14(16(27)33)12-32(30-17)19(4-7-26)5-9-31(10-6-19)18(34)20(2-3-20)21(23,24)25/h1,8,11-12H,2-6,9-10H2,(H2,27,33)(H,28,29,30). The largest absolute Gasteiger partial charge is 0.403 e. The van der Waals surface area contributed by atoms with Crippen LogP contribution in [0.1, 0.15) is 42.5 Å². The number of piperidine rings is 1. The van der Waals surface area contributed by atoms with Gasteiger partial charge in [-0.25, -0.2) is 4.98 Å². The Morgan fingerprint density at radius 1 is 1.24 bits per heavy atom. The van der Waals surface area contributed by atoms with Crippen molar-refractivity contribution in [2.75, 3.05) is 18.4 Å². The molecular weight excluding hydrogens is 458 g/mol. The molecule has 13 heteroatoms. The van der Waals surface area contributed by atoms with Gasteiger partial charge in [0, 0.05) is 37.2 Å². The fourth-order valence-electron chi connectivity index (χ4n) is 4.31. The molecule has 3 N–H and O–H groups in total. The number of hydrogen-bond donors (Lipinski definition) is 2. The van der Waals surface area contributed by atoms with Crippen molar-refractivity contribution in [2.24, 2.45) is 11.1 Å². The molecule has 2 amide bonds. The summed E-state index contributed by atoms with van der Waals surface area (Å²) in [6.07, 6.45) is -2.21. The molecule has 34 heavy (non-hydrogen) atoms. The SMILES string of the molecule is N#CCC1(n2cc(C(N)=O)c(Nc3ccnc(F)c3)n2)CCN(C(=O)C2(C(F)(F)F)CC2)CC1. The van der Waals surface area contributed by atoms with Crippen LogP contribution in [0.4, 0.5) is 29.1 Å². The summed E-state index contributed by atoms with van der Waals surface area (Å²) in [5.41, 5.74) is 2.46. The smallest absolute Gasteiger partial charge is 0.365 e. The number of amides is 2. The predicted molar refractivity (Wildman–Crippen MR) is 110 cm³/mol. The number of nitrogens with two attached hydrogens (primary N) is 1. The number of rotatable bonds is 6. The van der Waals surface area contributed by atoms with Crippen LogP contribution in [0, 0.1) is 22.7 Å². The van der Waals surface area contributed by atoms with E-state index in [1.165, 1.54) is 28.0 Å². The molecule has 180 valence electrons. The van der Waals surface area contributed by atoms with E-state index < -0.39 is 34.9 Å². The van der Waals surface area contributed by atoms with E-state index in [1.807, 2.05) is 0 Å². The topological polar surface area (TPSA) is 130 Å². The van der Waals surface area contributed by atoms with E-state index in [-0.39, 0.29) is 62.3 Å². The molecule has 0 bridgehead atoms. The van der Waals surface area contributed by atoms with Gasteiger partial charge in [-0.3, -0.25) is 14.3 Å². The maximum Gasteiger partial charge on any atom is 0.403 e. The average Bonchev–Trinajstić information content (AvgIpc) is 3.49. The number of primary amides is 1. The van der Waals surface area contributed by atoms with Crippen LogP contribution in [0.3, 0.4) is 0 Å². The summed E-state index contributed by atoms with van der Waals surface area (Å²) in [7, 11) is 0. The number of aromatic nitrogens is 3. The number of carbonyl (C=O) groups is 2. The van der Waals surface area contributed by atoms with Crippen molar-refractivity contribution in [3.05, 3.63) is 36.0 Å². The zero-order valence-electron chi connectivity index (χ0n) is 17.9. The number of halogens is 4. The van der Waals surface area contributed by atoms with Crippen molar-refractivity contribution in [3.8, 4) is 6.07 Å². The minimum Gasteiger partial charge on any atom is -0.365 e. The van der Waals surface area contributed by atoms with Gasteiger partial charge in [-0.2, -0.15) is 27.9 Å². The molecule has 2 aromatic heterocycles. The number of nitriles is 1. The van der Waals surface area contributed by atoms with Gasteiger partial charge in [-0.1, -0.05) is 0 Å². The van der Waals surface area contributed by atoms with Crippen LogP contribution in [0.25, 0.3) is 0 Å². The third-order valence-electron chi connectivity index (χ3n) is 6.55. The first-order valence-electron chi connectivity index (χ1n) is 10.5. The third-order valence-corrected chi connectivity index (χ3v) is 6.55. The molecular formula is C21H21F4N7O2. The lowest BCUT2D eigenvalue weighted by Gasteiger charge is -2.42. The maximum absolute atomic E-state index is 13.4. The van der Waals surface area contributed by atoms with Crippen LogP contribution in [0.5, 0.6) is 0 Å². The Labute approximate surface area is 191 Å². The summed E-state index contributed by atoms with van der Waals surface area (Å²) >= 11 is 0. The Morgan fingerprint density at radius 2 is 1.91 bits per heavy atom. The van der Waals surface area contributed by atoms with Crippen molar-refractivity contribution in [1.29, 1.82) is 5.26 Å². The lowest BCUT2D eigenvalue weighted by molar-refractivity contribution is -0.199. The van der Waals surface area contributed by atoms with Crippen LogP contribution in [-0.4, -0.2) is 50.7 Å². The highest BCUT2D eigenvalue weighted by molar-refractivity contribution is 5.98. The van der Waals surface area contributed by atoms with E-state index in [9.17, 15) is 32.4 Å². The van der Waals surface area contributed by atoms with Crippen LogP contribution < -0.4 is 11.1 Å². The van der Waals surface area contributed by atoms with Crippen molar-refractivity contribution >= 4 is 23.3 Å². The number of nitrogens with one attached hydrogen (secondary N) is 1. The summed E-state index contributed by atoms with van der Waals surface area (Å²) in [6.45, 7) is 0.00483. The van der Waals surface area contributed by atoms with Gasteiger partial charge in [-0.15, -0.1) is 0 Å². The van der Waals surface area contributed by atoms with Crippen molar-refractivity contribution in [3.63, 3.8) is 0 Å². The molecule has 0 spiro atoms. The van der Waals surface area contributed by atoms with Gasteiger partial charge in [0.2, 0.25) is 11.9 Å². The third kappa shape index (κ3) is 4.04. The van der Waals surface area contributed by atoms with Crippen LogP contribution in [-0.2, 0) is 10.3 Å². The van der Waals surface area contributed by atoms with Crippen LogP contribution in [0.2, 0.25) is 0 Å². The molecule has 2 fully saturated rings. The normalized spacial score (nSPS) is 18.7. The number of pyridine rings is 1. The van der Waals surface area contributed by atoms with Gasteiger partial charge in [0.1, 0.15) is 11.0 Å². The van der Waals surface area contributed by atoms with Gasteiger partial charge in [0.25, 0.3) is 5.91 Å². The molecule has 0 unspecified atom stereocenters. The fraction of sp³-hybridized carbons (Fsp3) is 0.476. The second kappa shape index (κ2) is 8.27. The summed E-state index contributed by atoms with van der Waals surface area (Å²) in [4.78, 5) is 29.3. The molecule has 0 aromatic carbocycles. The van der Waals surface area contributed by atoms with Crippen LogP contribution >= 0.6 is 0 Å². The van der Waals surface area contributed by atoms with E-state index >= 15 is 0 Å². The molecule has 1 aliphatic carbocycles. The van der Waals surface area contributed by atoms with E-state index in [4.69, 9.17) is 5.73 Å². The lowest BCUT2D eigenvalue weighted by Crippen LogP contribution is -2.52. The minimum absolute atomic E-state index is 0.00242. The predicted octanol–water partition coefficient (Wildman–Crippen LogP) is 2.83. The fourth-order valence-corrected chi connectivity index (χ4v) is 4.31. The van der Waals surface area contributed by atoms with Gasteiger partial charge >= 0.3 is 6.18 Å². The molecule has 4 rings (SSSR count). The first-order valence-corrected chi connectivity index (χ1v) is 10.5.